The van der Waals surface area contributed by atoms with E-state index in [1.165, 1.54) is 5.56 Å². The normalized spacial score (nSPS) is 30.0. The summed E-state index contributed by atoms with van der Waals surface area (Å²) in [6, 6.07) is 6.13. The Hall–Kier alpha value is -1.75. The summed E-state index contributed by atoms with van der Waals surface area (Å²) in [6.45, 7) is 4.09. The zero-order chi connectivity index (χ0) is 14.4. The van der Waals surface area contributed by atoms with Crippen molar-refractivity contribution in [3.63, 3.8) is 0 Å². The first-order valence-corrected chi connectivity index (χ1v) is 7.56. The van der Waals surface area contributed by atoms with Gasteiger partial charge in [0.05, 0.1) is 5.92 Å². The Labute approximate surface area is 123 Å². The summed E-state index contributed by atoms with van der Waals surface area (Å²) in [5.74, 6) is 1.77. The number of carboxylic acid groups (broad SMARTS) is 1. The Morgan fingerprint density at radius 2 is 1.90 bits per heavy atom. The van der Waals surface area contributed by atoms with Gasteiger partial charge in [0.15, 0.2) is 11.5 Å². The Balaban J connectivity index is 1.31. The number of aliphatic carboxylic acids is 1. The van der Waals surface area contributed by atoms with Gasteiger partial charge >= 0.3 is 5.97 Å². The average Bonchev–Trinajstić information content (AvgIpc) is 3.02. The average molecular weight is 289 g/mol. The standard InChI is InChI=1S/C16H19NO4/c18-16(19)15-11-8-17(9-12(11)15)4-3-10-1-2-13-14(7-10)21-6-5-20-13/h1-2,7,11-12,15H,3-6,8-9H2,(H,18,19)/t11-,12+,15+. The number of hydrogen-bond donors (Lipinski definition) is 1. The molecule has 112 valence electrons. The maximum atomic E-state index is 11.0. The molecule has 0 unspecified atom stereocenters. The van der Waals surface area contributed by atoms with Crippen LogP contribution in [-0.4, -0.2) is 48.8 Å². The first-order valence-electron chi connectivity index (χ1n) is 7.56. The van der Waals surface area contributed by atoms with Crippen LogP contribution in [0.25, 0.3) is 0 Å². The minimum Gasteiger partial charge on any atom is -0.486 e. The van der Waals surface area contributed by atoms with Gasteiger partial charge in [0.25, 0.3) is 0 Å². The molecular weight excluding hydrogens is 270 g/mol. The first-order chi connectivity index (χ1) is 10.2. The van der Waals surface area contributed by atoms with Gasteiger partial charge in [-0.1, -0.05) is 6.07 Å². The number of ether oxygens (including phenoxy) is 2. The van der Waals surface area contributed by atoms with E-state index in [1.54, 1.807) is 0 Å². The topological polar surface area (TPSA) is 59.0 Å². The molecule has 1 saturated carbocycles. The summed E-state index contributed by atoms with van der Waals surface area (Å²) in [7, 11) is 0. The van der Waals surface area contributed by atoms with Crippen molar-refractivity contribution in [2.24, 2.45) is 17.8 Å². The lowest BCUT2D eigenvalue weighted by atomic mass is 10.1. The second-order valence-electron chi connectivity index (χ2n) is 6.18. The van der Waals surface area contributed by atoms with E-state index >= 15 is 0 Å². The highest BCUT2D eigenvalue weighted by Crippen LogP contribution is 2.51. The van der Waals surface area contributed by atoms with Crippen molar-refractivity contribution in [3.8, 4) is 11.5 Å². The van der Waals surface area contributed by atoms with E-state index in [0.29, 0.717) is 25.0 Å². The lowest BCUT2D eigenvalue weighted by Gasteiger charge is -2.21. The van der Waals surface area contributed by atoms with Crippen molar-refractivity contribution in [2.75, 3.05) is 32.8 Å². The van der Waals surface area contributed by atoms with Crippen LogP contribution in [0.3, 0.4) is 0 Å². The summed E-state index contributed by atoms with van der Waals surface area (Å²) in [4.78, 5) is 13.3. The molecule has 3 atom stereocenters. The van der Waals surface area contributed by atoms with Gasteiger partial charge in [-0.3, -0.25) is 4.79 Å². The number of piperidine rings is 1. The first kappa shape index (κ1) is 13.0. The Morgan fingerprint density at radius 1 is 1.19 bits per heavy atom. The van der Waals surface area contributed by atoms with Gasteiger partial charge in [-0.25, -0.2) is 0 Å². The predicted molar refractivity (Wildman–Crippen MR) is 75.7 cm³/mol. The lowest BCUT2D eigenvalue weighted by Crippen LogP contribution is -2.28. The summed E-state index contributed by atoms with van der Waals surface area (Å²) < 4.78 is 11.1. The zero-order valence-electron chi connectivity index (χ0n) is 11.8. The number of benzene rings is 1. The van der Waals surface area contributed by atoms with Crippen molar-refractivity contribution < 1.29 is 19.4 Å². The number of hydrogen-bond acceptors (Lipinski definition) is 4. The number of carboxylic acids is 1. The van der Waals surface area contributed by atoms with Crippen LogP contribution in [0, 0.1) is 17.8 Å². The molecule has 2 heterocycles. The Bertz CT molecular complexity index is 561. The van der Waals surface area contributed by atoms with Gasteiger partial charge in [-0.2, -0.15) is 0 Å². The van der Waals surface area contributed by atoms with Crippen LogP contribution in [0.1, 0.15) is 5.56 Å². The highest BCUT2D eigenvalue weighted by atomic mass is 16.6. The molecule has 5 heteroatoms. The highest BCUT2D eigenvalue weighted by molar-refractivity contribution is 5.74. The van der Waals surface area contributed by atoms with Gasteiger partial charge in [0.1, 0.15) is 13.2 Å². The number of carbonyl (C=O) groups is 1. The minimum absolute atomic E-state index is 0.0736. The number of rotatable bonds is 4. The molecule has 1 aromatic carbocycles. The third-order valence-corrected chi connectivity index (χ3v) is 4.88. The maximum absolute atomic E-state index is 11.0. The van der Waals surface area contributed by atoms with Crippen LogP contribution < -0.4 is 9.47 Å². The molecule has 0 bridgehead atoms. The quantitative estimate of drug-likeness (QED) is 0.904. The van der Waals surface area contributed by atoms with Crippen LogP contribution in [0.15, 0.2) is 18.2 Å². The molecular formula is C16H19NO4. The summed E-state index contributed by atoms with van der Waals surface area (Å²) in [6.07, 6.45) is 0.966. The van der Waals surface area contributed by atoms with Crippen LogP contribution in [0.4, 0.5) is 0 Å². The van der Waals surface area contributed by atoms with Gasteiger partial charge < -0.3 is 19.5 Å². The largest absolute Gasteiger partial charge is 0.486 e. The second kappa shape index (κ2) is 4.91. The third-order valence-electron chi connectivity index (χ3n) is 4.88. The van der Waals surface area contributed by atoms with E-state index in [1.807, 2.05) is 6.07 Å². The predicted octanol–water partition coefficient (Wildman–Crippen LogP) is 1.26. The number of fused-ring (bicyclic) bond motifs is 2. The van der Waals surface area contributed by atoms with E-state index in [4.69, 9.17) is 14.6 Å². The second-order valence-corrected chi connectivity index (χ2v) is 6.18. The van der Waals surface area contributed by atoms with Gasteiger partial charge in [-0.15, -0.1) is 0 Å². The molecule has 4 rings (SSSR count). The van der Waals surface area contributed by atoms with E-state index in [0.717, 1.165) is 37.6 Å². The molecule has 1 N–H and O–H groups in total. The molecule has 3 aliphatic rings. The molecule has 0 spiro atoms. The maximum Gasteiger partial charge on any atom is 0.307 e. The smallest absolute Gasteiger partial charge is 0.307 e. The fourth-order valence-electron chi connectivity index (χ4n) is 3.69. The molecule has 1 aromatic rings. The van der Waals surface area contributed by atoms with Crippen molar-refractivity contribution in [1.29, 1.82) is 0 Å². The van der Waals surface area contributed by atoms with Crippen molar-refractivity contribution in [3.05, 3.63) is 23.8 Å². The minimum atomic E-state index is -0.614. The van der Waals surface area contributed by atoms with E-state index < -0.39 is 5.97 Å². The van der Waals surface area contributed by atoms with E-state index in [9.17, 15) is 4.79 Å². The van der Waals surface area contributed by atoms with Crippen LogP contribution in [0.2, 0.25) is 0 Å². The molecule has 2 aliphatic heterocycles. The molecule has 0 aromatic heterocycles. The van der Waals surface area contributed by atoms with Crippen molar-refractivity contribution in [1.82, 2.24) is 4.90 Å². The summed E-state index contributed by atoms with van der Waals surface area (Å²) >= 11 is 0. The molecule has 1 saturated heterocycles. The molecule has 21 heavy (non-hydrogen) atoms. The fourth-order valence-corrected chi connectivity index (χ4v) is 3.69. The van der Waals surface area contributed by atoms with Crippen molar-refractivity contribution in [2.45, 2.75) is 6.42 Å². The fraction of sp³-hybridized carbons (Fsp3) is 0.562. The number of likely N-dealkylation sites (tertiary alicyclic amines) is 1. The molecule has 2 fully saturated rings. The van der Waals surface area contributed by atoms with Gasteiger partial charge in [0.2, 0.25) is 0 Å². The summed E-state index contributed by atoms with van der Waals surface area (Å²) in [5, 5.41) is 9.02. The van der Waals surface area contributed by atoms with E-state index in [2.05, 4.69) is 17.0 Å². The molecule has 1 aliphatic carbocycles. The highest BCUT2D eigenvalue weighted by Gasteiger charge is 2.59. The molecule has 5 nitrogen and oxygen atoms in total. The summed E-state index contributed by atoms with van der Waals surface area (Å²) in [5.41, 5.74) is 1.25. The molecule has 0 amide bonds. The SMILES string of the molecule is O=C(O)[C@H]1[C@@H]2CN(CCc3ccc4c(c3)OCCO4)C[C@@H]21. The van der Waals surface area contributed by atoms with Crippen molar-refractivity contribution >= 4 is 5.97 Å². The van der Waals surface area contributed by atoms with Crippen LogP contribution in [-0.2, 0) is 11.2 Å². The Morgan fingerprint density at radius 3 is 2.62 bits per heavy atom. The number of nitrogens with zero attached hydrogens (tertiary/aromatic N) is 1. The Kier molecular flexibility index (Phi) is 3.03. The van der Waals surface area contributed by atoms with Gasteiger partial charge in [-0.05, 0) is 36.0 Å². The third kappa shape index (κ3) is 2.35. The molecule has 0 radical (unpaired) electrons. The van der Waals surface area contributed by atoms with Crippen LogP contribution in [0.5, 0.6) is 11.5 Å². The monoisotopic (exact) mass is 289 g/mol. The van der Waals surface area contributed by atoms with Crippen LogP contribution >= 0.6 is 0 Å². The lowest BCUT2D eigenvalue weighted by molar-refractivity contribution is -0.139. The zero-order valence-corrected chi connectivity index (χ0v) is 11.8. The van der Waals surface area contributed by atoms with E-state index in [-0.39, 0.29) is 5.92 Å². The van der Waals surface area contributed by atoms with Gasteiger partial charge in [0, 0.05) is 19.6 Å².